The molecule has 2 heteroatoms. The Hall–Kier alpha value is -0.340. The van der Waals surface area contributed by atoms with Crippen molar-refractivity contribution in [3.63, 3.8) is 0 Å². The van der Waals surface area contributed by atoms with Gasteiger partial charge >= 0.3 is 0 Å². The summed E-state index contributed by atoms with van der Waals surface area (Å²) in [4.78, 5) is 0. The monoisotopic (exact) mass is 282 g/mol. The summed E-state index contributed by atoms with van der Waals surface area (Å²) in [6, 6.07) is 8.56. The minimum Gasteiger partial charge on any atom is -0.393 e. The van der Waals surface area contributed by atoms with Crippen LogP contribution in [0.5, 0.6) is 0 Å². The second-order valence-electron chi connectivity index (χ2n) is 4.87. The molecule has 1 aromatic carbocycles. The molecule has 0 heterocycles. The first-order chi connectivity index (χ1) is 7.74. The first-order valence-electron chi connectivity index (χ1n) is 6.16. The first-order valence-corrected chi connectivity index (χ1v) is 6.96. The van der Waals surface area contributed by atoms with Crippen molar-refractivity contribution in [1.29, 1.82) is 0 Å². The fourth-order valence-electron chi connectivity index (χ4n) is 2.57. The van der Waals surface area contributed by atoms with Crippen molar-refractivity contribution in [2.75, 3.05) is 0 Å². The lowest BCUT2D eigenvalue weighted by Gasteiger charge is -2.16. The molecule has 88 valence electrons. The molecule has 2 atom stereocenters. The molecule has 1 aliphatic carbocycles. The van der Waals surface area contributed by atoms with E-state index in [0.717, 1.165) is 23.7 Å². The summed E-state index contributed by atoms with van der Waals surface area (Å²) in [6.45, 7) is 0. The Labute approximate surface area is 106 Å². The quantitative estimate of drug-likeness (QED) is 0.815. The number of hydrogen-bond acceptors (Lipinski definition) is 1. The summed E-state index contributed by atoms with van der Waals surface area (Å²) >= 11 is 3.45. The third-order valence-electron chi connectivity index (χ3n) is 3.44. The molecule has 0 bridgehead atoms. The maximum Gasteiger partial charge on any atom is 0.0543 e. The standard InChI is InChI=1S/C14H19BrO/c15-13-7-5-11(6-8-13)9-12-3-1-2-4-14(16)10-12/h5-8,12,14,16H,1-4,9-10H2. The van der Waals surface area contributed by atoms with Crippen molar-refractivity contribution >= 4 is 15.9 Å². The Morgan fingerprint density at radius 1 is 1.12 bits per heavy atom. The molecule has 1 N–H and O–H groups in total. The number of aliphatic hydroxyl groups is 1. The highest BCUT2D eigenvalue weighted by Gasteiger charge is 2.18. The Kier molecular flexibility index (Phi) is 4.42. The number of aliphatic hydroxyl groups excluding tert-OH is 1. The molecule has 1 fully saturated rings. The Morgan fingerprint density at radius 3 is 2.56 bits per heavy atom. The highest BCUT2D eigenvalue weighted by atomic mass is 79.9. The Bertz CT molecular complexity index is 320. The van der Waals surface area contributed by atoms with Gasteiger partial charge in [-0.3, -0.25) is 0 Å². The predicted octanol–water partition coefficient (Wildman–Crippen LogP) is 3.93. The molecule has 1 aliphatic rings. The lowest BCUT2D eigenvalue weighted by atomic mass is 9.92. The smallest absolute Gasteiger partial charge is 0.0543 e. The summed E-state index contributed by atoms with van der Waals surface area (Å²) in [6.07, 6.45) is 6.77. The van der Waals surface area contributed by atoms with Crippen LogP contribution in [0, 0.1) is 5.92 Å². The fourth-order valence-corrected chi connectivity index (χ4v) is 2.84. The molecule has 0 spiro atoms. The predicted molar refractivity (Wildman–Crippen MR) is 70.4 cm³/mol. The zero-order chi connectivity index (χ0) is 11.4. The molecule has 2 unspecified atom stereocenters. The molecule has 0 saturated heterocycles. The highest BCUT2D eigenvalue weighted by molar-refractivity contribution is 9.10. The van der Waals surface area contributed by atoms with Crippen molar-refractivity contribution in [1.82, 2.24) is 0 Å². The van der Waals surface area contributed by atoms with Gasteiger partial charge in [-0.2, -0.15) is 0 Å². The second-order valence-corrected chi connectivity index (χ2v) is 5.79. The van der Waals surface area contributed by atoms with E-state index in [9.17, 15) is 5.11 Å². The van der Waals surface area contributed by atoms with Crippen molar-refractivity contribution in [3.05, 3.63) is 34.3 Å². The van der Waals surface area contributed by atoms with Crippen LogP contribution in [0.3, 0.4) is 0 Å². The van der Waals surface area contributed by atoms with Crippen molar-refractivity contribution in [3.8, 4) is 0 Å². The minimum atomic E-state index is -0.0667. The van der Waals surface area contributed by atoms with Crippen LogP contribution >= 0.6 is 15.9 Å². The van der Waals surface area contributed by atoms with Crippen molar-refractivity contribution in [2.45, 2.75) is 44.6 Å². The number of hydrogen-bond donors (Lipinski definition) is 1. The van der Waals surface area contributed by atoms with Gasteiger partial charge in [0.25, 0.3) is 0 Å². The second kappa shape index (κ2) is 5.83. The normalized spacial score (nSPS) is 26.4. The van der Waals surface area contributed by atoms with Crippen LogP contribution in [0.4, 0.5) is 0 Å². The van der Waals surface area contributed by atoms with Gasteiger partial charge in [0.15, 0.2) is 0 Å². The third kappa shape index (κ3) is 3.60. The molecule has 0 aliphatic heterocycles. The van der Waals surface area contributed by atoms with E-state index < -0.39 is 0 Å². The zero-order valence-corrected chi connectivity index (χ0v) is 11.1. The zero-order valence-electron chi connectivity index (χ0n) is 9.53. The SMILES string of the molecule is OC1CCCCC(Cc2ccc(Br)cc2)C1. The molecule has 2 rings (SSSR count). The molecule has 0 radical (unpaired) electrons. The molecule has 1 nitrogen and oxygen atoms in total. The topological polar surface area (TPSA) is 20.2 Å². The van der Waals surface area contributed by atoms with Crippen LogP contribution in [-0.2, 0) is 6.42 Å². The number of rotatable bonds is 2. The Morgan fingerprint density at radius 2 is 1.81 bits per heavy atom. The average molecular weight is 283 g/mol. The summed E-state index contributed by atoms with van der Waals surface area (Å²) in [5.74, 6) is 0.665. The third-order valence-corrected chi connectivity index (χ3v) is 3.97. The molecule has 0 amide bonds. The maximum atomic E-state index is 9.77. The van der Waals surface area contributed by atoms with E-state index in [1.54, 1.807) is 0 Å². The molecular formula is C14H19BrO. The van der Waals surface area contributed by atoms with Gasteiger partial charge in [0.2, 0.25) is 0 Å². The average Bonchev–Trinajstić information content (AvgIpc) is 2.46. The molecular weight excluding hydrogens is 264 g/mol. The molecule has 1 aromatic rings. The van der Waals surface area contributed by atoms with E-state index in [4.69, 9.17) is 0 Å². The van der Waals surface area contributed by atoms with Gasteiger partial charge in [-0.1, -0.05) is 47.3 Å². The lowest BCUT2D eigenvalue weighted by molar-refractivity contribution is 0.141. The van der Waals surface area contributed by atoms with Crippen molar-refractivity contribution < 1.29 is 5.11 Å². The minimum absolute atomic E-state index is 0.0667. The summed E-state index contributed by atoms with van der Waals surface area (Å²) in [7, 11) is 0. The highest BCUT2D eigenvalue weighted by Crippen LogP contribution is 2.26. The van der Waals surface area contributed by atoms with Crippen LogP contribution in [0.25, 0.3) is 0 Å². The van der Waals surface area contributed by atoms with E-state index >= 15 is 0 Å². The number of benzene rings is 1. The van der Waals surface area contributed by atoms with E-state index in [2.05, 4.69) is 40.2 Å². The van der Waals surface area contributed by atoms with Gasteiger partial charge in [0.05, 0.1) is 6.10 Å². The maximum absolute atomic E-state index is 9.77. The molecule has 0 aromatic heterocycles. The van der Waals surface area contributed by atoms with Gasteiger partial charge in [-0.25, -0.2) is 0 Å². The van der Waals surface area contributed by atoms with E-state index in [-0.39, 0.29) is 6.10 Å². The lowest BCUT2D eigenvalue weighted by Crippen LogP contribution is -2.12. The van der Waals surface area contributed by atoms with E-state index in [1.165, 1.54) is 24.8 Å². The van der Waals surface area contributed by atoms with Gasteiger partial charge < -0.3 is 5.11 Å². The molecule has 16 heavy (non-hydrogen) atoms. The van der Waals surface area contributed by atoms with Crippen LogP contribution in [-0.4, -0.2) is 11.2 Å². The van der Waals surface area contributed by atoms with E-state index in [0.29, 0.717) is 5.92 Å². The first kappa shape index (κ1) is 12.1. The van der Waals surface area contributed by atoms with Gasteiger partial charge in [-0.05, 0) is 42.9 Å². The van der Waals surface area contributed by atoms with E-state index in [1.807, 2.05) is 0 Å². The van der Waals surface area contributed by atoms with Gasteiger partial charge in [0, 0.05) is 4.47 Å². The summed E-state index contributed by atoms with van der Waals surface area (Å²) in [5, 5.41) is 9.77. The molecule has 1 saturated carbocycles. The Balaban J connectivity index is 1.95. The van der Waals surface area contributed by atoms with Crippen LogP contribution in [0.1, 0.15) is 37.7 Å². The summed E-state index contributed by atoms with van der Waals surface area (Å²) in [5.41, 5.74) is 1.39. The van der Waals surface area contributed by atoms with Gasteiger partial charge in [0.1, 0.15) is 0 Å². The van der Waals surface area contributed by atoms with Crippen LogP contribution < -0.4 is 0 Å². The summed E-state index contributed by atoms with van der Waals surface area (Å²) < 4.78 is 1.14. The van der Waals surface area contributed by atoms with Crippen molar-refractivity contribution in [2.24, 2.45) is 5.92 Å². The number of halogens is 1. The van der Waals surface area contributed by atoms with Crippen LogP contribution in [0.15, 0.2) is 28.7 Å². The van der Waals surface area contributed by atoms with Gasteiger partial charge in [-0.15, -0.1) is 0 Å². The largest absolute Gasteiger partial charge is 0.393 e. The van der Waals surface area contributed by atoms with Crippen LogP contribution in [0.2, 0.25) is 0 Å². The fraction of sp³-hybridized carbons (Fsp3) is 0.571.